The van der Waals surface area contributed by atoms with Gasteiger partial charge >= 0.3 is 0 Å². The minimum atomic E-state index is 0.283. The molecule has 0 saturated carbocycles. The molecule has 20 heavy (non-hydrogen) atoms. The Labute approximate surface area is 126 Å². The van der Waals surface area contributed by atoms with Crippen molar-refractivity contribution in [1.82, 2.24) is 10.2 Å². The number of piperazine rings is 1. The Kier molecular flexibility index (Phi) is 7.49. The van der Waals surface area contributed by atoms with Gasteiger partial charge in [0.1, 0.15) is 0 Å². The molecule has 1 saturated heterocycles. The molecule has 1 aliphatic rings. The van der Waals surface area contributed by atoms with E-state index in [4.69, 9.17) is 4.74 Å². The SMILES string of the molecule is CCC(C)C1CN(CCOCC(C)C)C(C)(CC)CN1. The monoisotopic (exact) mass is 284 g/mol. The molecule has 0 aromatic rings. The minimum absolute atomic E-state index is 0.283. The number of ether oxygens (including phenoxy) is 1. The Bertz CT molecular complexity index is 270. The number of rotatable bonds is 8. The van der Waals surface area contributed by atoms with Crippen molar-refractivity contribution < 1.29 is 4.74 Å². The van der Waals surface area contributed by atoms with Crippen LogP contribution in [0.2, 0.25) is 0 Å². The summed E-state index contributed by atoms with van der Waals surface area (Å²) in [5.74, 6) is 1.37. The van der Waals surface area contributed by atoms with Crippen molar-refractivity contribution >= 4 is 0 Å². The average Bonchev–Trinajstić information content (AvgIpc) is 2.44. The Morgan fingerprint density at radius 3 is 2.55 bits per heavy atom. The van der Waals surface area contributed by atoms with Gasteiger partial charge in [-0.05, 0) is 25.2 Å². The van der Waals surface area contributed by atoms with Gasteiger partial charge in [-0.2, -0.15) is 0 Å². The van der Waals surface area contributed by atoms with Crippen LogP contribution in [0.4, 0.5) is 0 Å². The molecule has 1 N–H and O–H groups in total. The molecule has 0 aliphatic carbocycles. The van der Waals surface area contributed by atoms with E-state index in [2.05, 4.69) is 51.8 Å². The Morgan fingerprint density at radius 1 is 1.30 bits per heavy atom. The summed E-state index contributed by atoms with van der Waals surface area (Å²) in [6.07, 6.45) is 2.44. The predicted octanol–water partition coefficient (Wildman–Crippen LogP) is 3.15. The molecule has 3 nitrogen and oxygen atoms in total. The standard InChI is InChI=1S/C17H36N2O/c1-7-15(5)16-11-19(9-10-20-12-14(3)4)17(6,8-2)13-18-16/h14-16,18H,7-13H2,1-6H3. The zero-order valence-electron chi connectivity index (χ0n) is 14.5. The van der Waals surface area contributed by atoms with E-state index in [9.17, 15) is 0 Å². The van der Waals surface area contributed by atoms with Gasteiger partial charge < -0.3 is 10.1 Å². The lowest BCUT2D eigenvalue weighted by Crippen LogP contribution is -2.64. The van der Waals surface area contributed by atoms with Gasteiger partial charge in [-0.1, -0.05) is 41.0 Å². The van der Waals surface area contributed by atoms with Crippen LogP contribution in [0.25, 0.3) is 0 Å². The number of hydrogen-bond donors (Lipinski definition) is 1. The predicted molar refractivity (Wildman–Crippen MR) is 87.2 cm³/mol. The molecule has 3 unspecified atom stereocenters. The molecule has 0 radical (unpaired) electrons. The van der Waals surface area contributed by atoms with Crippen LogP contribution in [0.5, 0.6) is 0 Å². The van der Waals surface area contributed by atoms with Crippen LogP contribution in [0, 0.1) is 11.8 Å². The molecule has 1 aliphatic heterocycles. The van der Waals surface area contributed by atoms with E-state index < -0.39 is 0 Å². The highest BCUT2D eigenvalue weighted by Crippen LogP contribution is 2.25. The zero-order chi connectivity index (χ0) is 15.2. The van der Waals surface area contributed by atoms with Crippen molar-refractivity contribution in [3.63, 3.8) is 0 Å². The molecule has 0 aromatic heterocycles. The molecule has 0 spiro atoms. The van der Waals surface area contributed by atoms with Gasteiger partial charge in [-0.3, -0.25) is 4.90 Å². The molecule has 1 fully saturated rings. The van der Waals surface area contributed by atoms with Crippen LogP contribution in [-0.4, -0.2) is 49.3 Å². The van der Waals surface area contributed by atoms with E-state index in [-0.39, 0.29) is 5.54 Å². The third kappa shape index (κ3) is 5.01. The van der Waals surface area contributed by atoms with Gasteiger partial charge in [-0.25, -0.2) is 0 Å². The highest BCUT2D eigenvalue weighted by atomic mass is 16.5. The summed E-state index contributed by atoms with van der Waals surface area (Å²) in [5.41, 5.74) is 0.283. The van der Waals surface area contributed by atoms with Crippen molar-refractivity contribution in [2.45, 2.75) is 66.0 Å². The van der Waals surface area contributed by atoms with Gasteiger partial charge in [0.25, 0.3) is 0 Å². The molecular weight excluding hydrogens is 248 g/mol. The maximum Gasteiger partial charge on any atom is 0.0593 e. The summed E-state index contributed by atoms with van der Waals surface area (Å²) in [6.45, 7) is 18.8. The van der Waals surface area contributed by atoms with Gasteiger partial charge in [0.15, 0.2) is 0 Å². The summed E-state index contributed by atoms with van der Waals surface area (Å²) < 4.78 is 5.80. The van der Waals surface area contributed by atoms with Crippen LogP contribution < -0.4 is 5.32 Å². The Hall–Kier alpha value is -0.120. The molecule has 1 rings (SSSR count). The first-order valence-corrected chi connectivity index (χ1v) is 8.49. The average molecular weight is 284 g/mol. The number of hydrogen-bond acceptors (Lipinski definition) is 3. The second-order valence-electron chi connectivity index (χ2n) is 7.14. The van der Waals surface area contributed by atoms with Crippen molar-refractivity contribution in [2.75, 3.05) is 32.8 Å². The lowest BCUT2D eigenvalue weighted by atomic mass is 9.88. The van der Waals surface area contributed by atoms with Crippen molar-refractivity contribution in [3.8, 4) is 0 Å². The van der Waals surface area contributed by atoms with E-state index in [1.54, 1.807) is 0 Å². The fraction of sp³-hybridized carbons (Fsp3) is 1.00. The second kappa shape index (κ2) is 8.35. The summed E-state index contributed by atoms with van der Waals surface area (Å²) in [7, 11) is 0. The van der Waals surface area contributed by atoms with Crippen LogP contribution in [0.1, 0.15) is 54.4 Å². The first-order chi connectivity index (χ1) is 9.42. The molecular formula is C17H36N2O. The summed E-state index contributed by atoms with van der Waals surface area (Å²) >= 11 is 0. The topological polar surface area (TPSA) is 24.5 Å². The van der Waals surface area contributed by atoms with Crippen LogP contribution in [0.15, 0.2) is 0 Å². The second-order valence-corrected chi connectivity index (χ2v) is 7.14. The van der Waals surface area contributed by atoms with E-state index in [1.807, 2.05) is 0 Å². The maximum atomic E-state index is 5.80. The molecule has 0 bridgehead atoms. The van der Waals surface area contributed by atoms with Crippen molar-refractivity contribution in [2.24, 2.45) is 11.8 Å². The Morgan fingerprint density at radius 2 is 2.00 bits per heavy atom. The highest BCUT2D eigenvalue weighted by molar-refractivity contribution is 4.96. The van der Waals surface area contributed by atoms with E-state index in [0.29, 0.717) is 12.0 Å². The highest BCUT2D eigenvalue weighted by Gasteiger charge is 2.37. The maximum absolute atomic E-state index is 5.80. The minimum Gasteiger partial charge on any atom is -0.380 e. The first-order valence-electron chi connectivity index (χ1n) is 8.49. The van der Waals surface area contributed by atoms with Crippen molar-refractivity contribution in [1.29, 1.82) is 0 Å². The number of nitrogens with zero attached hydrogens (tertiary/aromatic N) is 1. The van der Waals surface area contributed by atoms with Crippen LogP contribution in [0.3, 0.4) is 0 Å². The molecule has 0 amide bonds. The lowest BCUT2D eigenvalue weighted by Gasteiger charge is -2.49. The van der Waals surface area contributed by atoms with Gasteiger partial charge in [0, 0.05) is 37.8 Å². The fourth-order valence-corrected chi connectivity index (χ4v) is 2.85. The van der Waals surface area contributed by atoms with E-state index in [1.165, 1.54) is 12.8 Å². The zero-order valence-corrected chi connectivity index (χ0v) is 14.5. The third-order valence-electron chi connectivity index (χ3n) is 4.97. The van der Waals surface area contributed by atoms with E-state index in [0.717, 1.165) is 38.8 Å². The summed E-state index contributed by atoms with van der Waals surface area (Å²) in [5, 5.41) is 3.77. The third-order valence-corrected chi connectivity index (χ3v) is 4.97. The van der Waals surface area contributed by atoms with Gasteiger partial charge in [0.05, 0.1) is 6.61 Å². The lowest BCUT2D eigenvalue weighted by molar-refractivity contribution is 0.00487. The van der Waals surface area contributed by atoms with Crippen LogP contribution >= 0.6 is 0 Å². The Balaban J connectivity index is 2.51. The smallest absolute Gasteiger partial charge is 0.0593 e. The van der Waals surface area contributed by atoms with Gasteiger partial charge in [0.2, 0.25) is 0 Å². The summed E-state index contributed by atoms with van der Waals surface area (Å²) in [6, 6.07) is 0.629. The molecule has 0 aromatic carbocycles. The largest absolute Gasteiger partial charge is 0.380 e. The summed E-state index contributed by atoms with van der Waals surface area (Å²) in [4.78, 5) is 2.65. The van der Waals surface area contributed by atoms with E-state index >= 15 is 0 Å². The normalized spacial score (nSPS) is 29.9. The first kappa shape index (κ1) is 17.9. The quantitative estimate of drug-likeness (QED) is 0.693. The molecule has 3 heteroatoms. The molecule has 3 atom stereocenters. The molecule has 120 valence electrons. The fourth-order valence-electron chi connectivity index (χ4n) is 2.85. The van der Waals surface area contributed by atoms with Crippen LogP contribution in [-0.2, 0) is 4.74 Å². The van der Waals surface area contributed by atoms with Gasteiger partial charge in [-0.15, -0.1) is 0 Å². The van der Waals surface area contributed by atoms with Crippen molar-refractivity contribution in [3.05, 3.63) is 0 Å². The number of nitrogens with one attached hydrogen (secondary N) is 1. The molecule has 1 heterocycles.